The molecule has 3 heterocycles. The topological polar surface area (TPSA) is 70.4 Å². The van der Waals surface area contributed by atoms with E-state index in [0.717, 1.165) is 44.7 Å². The van der Waals surface area contributed by atoms with E-state index >= 15 is 0 Å². The lowest BCUT2D eigenvalue weighted by molar-refractivity contribution is 0.0749. The highest BCUT2D eigenvalue weighted by molar-refractivity contribution is 5.94. The van der Waals surface area contributed by atoms with Gasteiger partial charge in [0, 0.05) is 13.1 Å². The Morgan fingerprint density at radius 2 is 1.79 bits per heavy atom. The second-order valence-electron chi connectivity index (χ2n) is 6.69. The van der Waals surface area contributed by atoms with E-state index in [-0.39, 0.29) is 17.4 Å². The standard InChI is InChI=1S/C18H22N4O2/c23-16-12-22(15-4-2-1-3-5-15)20-17(16)18(24)21-8-6-13-10-19-11-14(13)7-9-21/h1-5,12-14,19,23H,6-11H2/t13-,14+. The number of aromatic nitrogens is 2. The molecule has 4 rings (SSSR count). The van der Waals surface area contributed by atoms with Crippen LogP contribution in [0.1, 0.15) is 23.3 Å². The van der Waals surface area contributed by atoms with Crippen LogP contribution in [0.3, 0.4) is 0 Å². The van der Waals surface area contributed by atoms with Crippen LogP contribution in [-0.2, 0) is 0 Å². The van der Waals surface area contributed by atoms with Crippen molar-refractivity contribution in [3.63, 3.8) is 0 Å². The molecule has 2 saturated heterocycles. The lowest BCUT2D eigenvalue weighted by Crippen LogP contribution is -2.33. The van der Waals surface area contributed by atoms with Gasteiger partial charge in [-0.05, 0) is 49.9 Å². The highest BCUT2D eigenvalue weighted by Crippen LogP contribution is 2.28. The summed E-state index contributed by atoms with van der Waals surface area (Å²) in [6, 6.07) is 9.50. The molecule has 6 nitrogen and oxygen atoms in total. The summed E-state index contributed by atoms with van der Waals surface area (Å²) in [6.07, 6.45) is 3.53. The van der Waals surface area contributed by atoms with E-state index in [9.17, 15) is 9.90 Å². The summed E-state index contributed by atoms with van der Waals surface area (Å²) in [7, 11) is 0. The van der Waals surface area contributed by atoms with Crippen molar-refractivity contribution in [3.05, 3.63) is 42.2 Å². The molecule has 2 N–H and O–H groups in total. The number of fused-ring (bicyclic) bond motifs is 1. The molecule has 0 saturated carbocycles. The Balaban J connectivity index is 1.53. The maximum absolute atomic E-state index is 12.8. The molecule has 0 aliphatic carbocycles. The Hall–Kier alpha value is -2.34. The molecule has 0 spiro atoms. The predicted molar refractivity (Wildman–Crippen MR) is 90.2 cm³/mol. The van der Waals surface area contributed by atoms with Crippen LogP contribution < -0.4 is 5.32 Å². The molecular weight excluding hydrogens is 304 g/mol. The molecular formula is C18H22N4O2. The van der Waals surface area contributed by atoms with Crippen LogP contribution in [0.2, 0.25) is 0 Å². The van der Waals surface area contributed by atoms with Crippen molar-refractivity contribution in [2.45, 2.75) is 12.8 Å². The van der Waals surface area contributed by atoms with Gasteiger partial charge < -0.3 is 15.3 Å². The van der Waals surface area contributed by atoms with Gasteiger partial charge in [-0.15, -0.1) is 0 Å². The summed E-state index contributed by atoms with van der Waals surface area (Å²) in [5, 5.41) is 17.9. The van der Waals surface area contributed by atoms with Crippen LogP contribution in [0.25, 0.3) is 5.69 Å². The zero-order chi connectivity index (χ0) is 16.5. The van der Waals surface area contributed by atoms with Gasteiger partial charge in [0.25, 0.3) is 5.91 Å². The van der Waals surface area contributed by atoms with Crippen molar-refractivity contribution in [2.24, 2.45) is 11.8 Å². The van der Waals surface area contributed by atoms with Gasteiger partial charge in [0.15, 0.2) is 11.4 Å². The zero-order valence-corrected chi connectivity index (χ0v) is 13.6. The normalized spacial score (nSPS) is 23.8. The Morgan fingerprint density at radius 3 is 2.46 bits per heavy atom. The number of carbonyl (C=O) groups excluding carboxylic acids is 1. The first-order valence-electron chi connectivity index (χ1n) is 8.56. The fourth-order valence-electron chi connectivity index (χ4n) is 3.80. The van der Waals surface area contributed by atoms with Gasteiger partial charge in [0.2, 0.25) is 0 Å². The molecule has 2 aliphatic rings. The van der Waals surface area contributed by atoms with Crippen molar-refractivity contribution in [2.75, 3.05) is 26.2 Å². The highest BCUT2D eigenvalue weighted by Gasteiger charge is 2.33. The monoisotopic (exact) mass is 326 g/mol. The third-order valence-corrected chi connectivity index (χ3v) is 5.22. The molecule has 1 aromatic heterocycles. The van der Waals surface area contributed by atoms with E-state index in [0.29, 0.717) is 11.8 Å². The summed E-state index contributed by atoms with van der Waals surface area (Å²) in [5.41, 5.74) is 0.965. The average molecular weight is 326 g/mol. The quantitative estimate of drug-likeness (QED) is 0.880. The largest absolute Gasteiger partial charge is 0.504 e. The molecule has 2 aromatic rings. The Morgan fingerprint density at radius 1 is 1.12 bits per heavy atom. The maximum atomic E-state index is 12.8. The number of para-hydroxylation sites is 1. The molecule has 0 bridgehead atoms. The first kappa shape index (κ1) is 15.2. The van der Waals surface area contributed by atoms with E-state index in [1.807, 2.05) is 35.2 Å². The summed E-state index contributed by atoms with van der Waals surface area (Å²) >= 11 is 0. The molecule has 1 amide bonds. The third-order valence-electron chi connectivity index (χ3n) is 5.22. The van der Waals surface area contributed by atoms with Crippen LogP contribution in [-0.4, -0.2) is 51.9 Å². The number of hydrogen-bond acceptors (Lipinski definition) is 4. The fourth-order valence-corrected chi connectivity index (χ4v) is 3.80. The first-order chi connectivity index (χ1) is 11.7. The predicted octanol–water partition coefficient (Wildman–Crippen LogP) is 1.65. The van der Waals surface area contributed by atoms with Gasteiger partial charge >= 0.3 is 0 Å². The van der Waals surface area contributed by atoms with E-state index in [2.05, 4.69) is 10.4 Å². The summed E-state index contributed by atoms with van der Waals surface area (Å²) in [4.78, 5) is 14.7. The van der Waals surface area contributed by atoms with Gasteiger partial charge in [-0.25, -0.2) is 4.68 Å². The Bertz CT molecular complexity index is 714. The van der Waals surface area contributed by atoms with Crippen molar-refractivity contribution in [1.29, 1.82) is 0 Å². The molecule has 6 heteroatoms. The van der Waals surface area contributed by atoms with Gasteiger partial charge in [0.1, 0.15) is 0 Å². The average Bonchev–Trinajstić information content (AvgIpc) is 3.17. The number of rotatable bonds is 2. The minimum atomic E-state index is -0.171. The third kappa shape index (κ3) is 2.78. The highest BCUT2D eigenvalue weighted by atomic mass is 16.3. The summed E-state index contributed by atoms with van der Waals surface area (Å²) in [5.74, 6) is 1.10. The zero-order valence-electron chi connectivity index (χ0n) is 13.6. The van der Waals surface area contributed by atoms with Gasteiger partial charge in [0.05, 0.1) is 11.9 Å². The smallest absolute Gasteiger partial charge is 0.278 e. The number of benzene rings is 1. The van der Waals surface area contributed by atoms with Crippen LogP contribution in [0.4, 0.5) is 0 Å². The summed E-state index contributed by atoms with van der Waals surface area (Å²) < 4.78 is 1.55. The number of amides is 1. The molecule has 24 heavy (non-hydrogen) atoms. The molecule has 0 radical (unpaired) electrons. The van der Waals surface area contributed by atoms with Gasteiger partial charge in [-0.1, -0.05) is 18.2 Å². The second kappa shape index (κ2) is 6.28. The molecule has 2 fully saturated rings. The first-order valence-corrected chi connectivity index (χ1v) is 8.56. The SMILES string of the molecule is O=C(c1nn(-c2ccccc2)cc1O)N1CC[C@@H]2CNC[C@@H]2CC1. The number of nitrogens with one attached hydrogen (secondary N) is 1. The van der Waals surface area contributed by atoms with Crippen LogP contribution in [0.5, 0.6) is 5.75 Å². The van der Waals surface area contributed by atoms with Crippen molar-refractivity contribution >= 4 is 5.91 Å². The Labute approximate surface area is 141 Å². The van der Waals surface area contributed by atoms with Crippen molar-refractivity contribution in [3.8, 4) is 11.4 Å². The van der Waals surface area contributed by atoms with E-state index < -0.39 is 0 Å². The number of aromatic hydroxyl groups is 1. The fraction of sp³-hybridized carbons (Fsp3) is 0.444. The van der Waals surface area contributed by atoms with Crippen molar-refractivity contribution < 1.29 is 9.90 Å². The maximum Gasteiger partial charge on any atom is 0.278 e. The number of likely N-dealkylation sites (tertiary alicyclic amines) is 1. The van der Waals surface area contributed by atoms with Crippen LogP contribution in [0.15, 0.2) is 36.5 Å². The minimum Gasteiger partial charge on any atom is -0.504 e. The van der Waals surface area contributed by atoms with E-state index in [1.165, 1.54) is 6.20 Å². The summed E-state index contributed by atoms with van der Waals surface area (Å²) in [6.45, 7) is 3.58. The molecule has 1 aromatic carbocycles. The lowest BCUT2D eigenvalue weighted by atomic mass is 9.92. The van der Waals surface area contributed by atoms with E-state index in [1.54, 1.807) is 4.68 Å². The van der Waals surface area contributed by atoms with E-state index in [4.69, 9.17) is 0 Å². The van der Waals surface area contributed by atoms with Crippen molar-refractivity contribution in [1.82, 2.24) is 20.0 Å². The molecule has 2 atom stereocenters. The number of nitrogens with zero attached hydrogens (tertiary/aromatic N) is 3. The molecule has 126 valence electrons. The number of hydrogen-bond donors (Lipinski definition) is 2. The van der Waals surface area contributed by atoms with Gasteiger partial charge in [-0.3, -0.25) is 4.79 Å². The second-order valence-corrected chi connectivity index (χ2v) is 6.69. The number of carbonyl (C=O) groups is 1. The Kier molecular flexibility index (Phi) is 3.98. The van der Waals surface area contributed by atoms with Crippen LogP contribution in [0, 0.1) is 11.8 Å². The van der Waals surface area contributed by atoms with Gasteiger partial charge in [-0.2, -0.15) is 5.10 Å². The van der Waals surface area contributed by atoms with Crippen LogP contribution >= 0.6 is 0 Å². The molecule has 2 aliphatic heterocycles. The minimum absolute atomic E-state index is 0.0602. The molecule has 0 unspecified atom stereocenters. The lowest BCUT2D eigenvalue weighted by Gasteiger charge is -2.19.